The zero-order valence-electron chi connectivity index (χ0n) is 24.3. The first-order valence-electron chi connectivity index (χ1n) is 14.4. The molecule has 0 N–H and O–H groups in total. The van der Waals surface area contributed by atoms with Crippen LogP contribution >= 0.6 is 0 Å². The van der Waals surface area contributed by atoms with E-state index in [4.69, 9.17) is 14.2 Å². The molecule has 2 aliphatic heterocycles. The molecule has 0 radical (unpaired) electrons. The van der Waals surface area contributed by atoms with Gasteiger partial charge in [-0.25, -0.2) is 4.39 Å². The quantitative estimate of drug-likeness (QED) is 0.295. The van der Waals surface area contributed by atoms with Crippen molar-refractivity contribution in [2.24, 2.45) is 0 Å². The number of benzene rings is 3. The summed E-state index contributed by atoms with van der Waals surface area (Å²) in [6.45, 7) is 2.44. The van der Waals surface area contributed by atoms with E-state index in [-0.39, 0.29) is 37.5 Å². The number of halogens is 1. The second-order valence-corrected chi connectivity index (χ2v) is 10.6. The van der Waals surface area contributed by atoms with Gasteiger partial charge in [0.15, 0.2) is 17.3 Å². The summed E-state index contributed by atoms with van der Waals surface area (Å²) >= 11 is 0. The summed E-state index contributed by atoms with van der Waals surface area (Å²) in [4.78, 5) is 32.6. The van der Waals surface area contributed by atoms with Crippen molar-refractivity contribution in [3.05, 3.63) is 95.8 Å². The fourth-order valence-corrected chi connectivity index (χ4v) is 5.29. The normalized spacial score (nSPS) is 14.2. The summed E-state index contributed by atoms with van der Waals surface area (Å²) in [5.74, 6) is 1.71. The van der Waals surface area contributed by atoms with Crippen LogP contribution in [0.25, 0.3) is 11.3 Å². The van der Waals surface area contributed by atoms with Gasteiger partial charge in [0.25, 0.3) is 5.91 Å². The van der Waals surface area contributed by atoms with Crippen molar-refractivity contribution in [3.63, 3.8) is 0 Å². The van der Waals surface area contributed by atoms with E-state index in [1.54, 1.807) is 42.3 Å². The van der Waals surface area contributed by atoms with Gasteiger partial charge >= 0.3 is 0 Å². The molecule has 1 saturated heterocycles. The van der Waals surface area contributed by atoms with Crippen LogP contribution in [0.5, 0.6) is 17.2 Å². The SMILES string of the molecule is COc1ccc(-c2ccc(N3CCCN(C(=O)CN(Cc4ccc(F)cc4)C(=O)c4ccc5c(c4)OCO5)CC3)nn2)cc1. The fraction of sp³-hybridized carbons (Fsp3) is 0.273. The number of amides is 2. The van der Waals surface area contributed by atoms with Crippen LogP contribution < -0.4 is 19.1 Å². The Kier molecular flexibility index (Phi) is 8.53. The van der Waals surface area contributed by atoms with E-state index in [1.165, 1.54) is 17.0 Å². The molecule has 2 aliphatic rings. The van der Waals surface area contributed by atoms with Crippen LogP contribution in [0.2, 0.25) is 0 Å². The molecule has 6 rings (SSSR count). The first-order valence-corrected chi connectivity index (χ1v) is 14.4. The molecule has 0 spiro atoms. The Morgan fingerprint density at radius 1 is 0.886 bits per heavy atom. The van der Waals surface area contributed by atoms with Gasteiger partial charge in [-0.3, -0.25) is 9.59 Å². The van der Waals surface area contributed by atoms with E-state index in [0.717, 1.165) is 35.8 Å². The topological polar surface area (TPSA) is 97.3 Å². The van der Waals surface area contributed by atoms with Crippen LogP contribution in [0.4, 0.5) is 10.2 Å². The molecule has 44 heavy (non-hydrogen) atoms. The molecule has 11 heteroatoms. The van der Waals surface area contributed by atoms with Gasteiger partial charge in [0.1, 0.15) is 18.1 Å². The zero-order chi connectivity index (χ0) is 30.5. The van der Waals surface area contributed by atoms with Crippen LogP contribution in [0, 0.1) is 5.82 Å². The van der Waals surface area contributed by atoms with E-state index >= 15 is 0 Å². The van der Waals surface area contributed by atoms with E-state index in [9.17, 15) is 14.0 Å². The van der Waals surface area contributed by atoms with Gasteiger partial charge < -0.3 is 28.9 Å². The summed E-state index contributed by atoms with van der Waals surface area (Å²) in [6.07, 6.45) is 0.738. The number of fused-ring (bicyclic) bond motifs is 1. The van der Waals surface area contributed by atoms with Crippen molar-refractivity contribution in [2.45, 2.75) is 13.0 Å². The van der Waals surface area contributed by atoms with Gasteiger partial charge in [0, 0.05) is 43.9 Å². The average Bonchev–Trinajstić information content (AvgIpc) is 3.40. The average molecular weight is 598 g/mol. The van der Waals surface area contributed by atoms with Crippen LogP contribution in [0.1, 0.15) is 22.3 Å². The van der Waals surface area contributed by atoms with Crippen LogP contribution in [-0.4, -0.2) is 78.4 Å². The second-order valence-electron chi connectivity index (χ2n) is 10.6. The number of hydrogen-bond acceptors (Lipinski definition) is 8. The summed E-state index contributed by atoms with van der Waals surface area (Å²) in [6, 6.07) is 22.4. The molecule has 0 saturated carbocycles. The predicted octanol–water partition coefficient (Wildman–Crippen LogP) is 4.40. The van der Waals surface area contributed by atoms with Crippen LogP contribution in [-0.2, 0) is 11.3 Å². The summed E-state index contributed by atoms with van der Waals surface area (Å²) in [5, 5.41) is 8.88. The number of nitrogens with zero attached hydrogens (tertiary/aromatic N) is 5. The molecule has 226 valence electrons. The zero-order valence-corrected chi connectivity index (χ0v) is 24.3. The monoisotopic (exact) mass is 597 g/mol. The lowest BCUT2D eigenvalue weighted by molar-refractivity contribution is -0.131. The smallest absolute Gasteiger partial charge is 0.254 e. The maximum absolute atomic E-state index is 13.7. The number of methoxy groups -OCH3 is 1. The Morgan fingerprint density at radius 3 is 2.43 bits per heavy atom. The minimum atomic E-state index is -0.368. The maximum atomic E-state index is 13.7. The first-order chi connectivity index (χ1) is 21.5. The Balaban J connectivity index is 1.12. The van der Waals surface area contributed by atoms with Crippen molar-refractivity contribution in [1.29, 1.82) is 0 Å². The van der Waals surface area contributed by atoms with Crippen molar-refractivity contribution in [1.82, 2.24) is 20.0 Å². The van der Waals surface area contributed by atoms with Gasteiger partial charge in [-0.15, -0.1) is 10.2 Å². The minimum absolute atomic E-state index is 0.0924. The molecule has 2 amide bonds. The molecule has 1 fully saturated rings. The number of carbonyl (C=O) groups is 2. The number of hydrogen-bond donors (Lipinski definition) is 0. The highest BCUT2D eigenvalue weighted by molar-refractivity contribution is 5.97. The third-order valence-corrected chi connectivity index (χ3v) is 7.73. The molecule has 1 aromatic heterocycles. The predicted molar refractivity (Wildman–Crippen MR) is 161 cm³/mol. The van der Waals surface area contributed by atoms with Gasteiger partial charge in [0.2, 0.25) is 12.7 Å². The number of rotatable bonds is 8. The lowest BCUT2D eigenvalue weighted by Gasteiger charge is -2.27. The standard InChI is InChI=1S/C33H32FN5O5/c1-42-27-10-5-24(6-11-27)28-12-14-31(36-35-28)37-15-2-16-38(18-17-37)32(40)21-39(20-23-3-8-26(34)9-4-23)33(41)25-7-13-29-30(19-25)44-22-43-29/h3-14,19H,2,15-18,20-22H2,1H3. The van der Waals surface area contributed by atoms with E-state index in [1.807, 2.05) is 36.4 Å². The molecular formula is C33H32FN5O5. The molecule has 0 unspecified atom stereocenters. The lowest BCUT2D eigenvalue weighted by Crippen LogP contribution is -2.44. The molecule has 0 atom stereocenters. The Labute approximate surface area is 254 Å². The van der Waals surface area contributed by atoms with E-state index in [2.05, 4.69) is 15.1 Å². The van der Waals surface area contributed by atoms with Crippen molar-refractivity contribution in [3.8, 4) is 28.5 Å². The molecule has 0 bridgehead atoms. The van der Waals surface area contributed by atoms with Crippen molar-refractivity contribution < 1.29 is 28.2 Å². The Morgan fingerprint density at radius 2 is 1.68 bits per heavy atom. The molecule has 10 nitrogen and oxygen atoms in total. The molecule has 4 aromatic rings. The van der Waals surface area contributed by atoms with Gasteiger partial charge in [-0.2, -0.15) is 0 Å². The summed E-state index contributed by atoms with van der Waals surface area (Å²) < 4.78 is 29.6. The molecule has 3 heterocycles. The lowest BCUT2D eigenvalue weighted by atomic mass is 10.1. The van der Waals surface area contributed by atoms with Crippen molar-refractivity contribution in [2.75, 3.05) is 51.5 Å². The maximum Gasteiger partial charge on any atom is 0.254 e. The van der Waals surface area contributed by atoms with Gasteiger partial charge in [-0.05, 0) is 78.7 Å². The number of aromatic nitrogens is 2. The third-order valence-electron chi connectivity index (χ3n) is 7.73. The summed E-state index contributed by atoms with van der Waals surface area (Å²) in [7, 11) is 1.63. The van der Waals surface area contributed by atoms with E-state index < -0.39 is 0 Å². The first kappa shape index (κ1) is 28.9. The largest absolute Gasteiger partial charge is 0.497 e. The molecule has 0 aliphatic carbocycles. The molecule has 3 aromatic carbocycles. The fourth-order valence-electron chi connectivity index (χ4n) is 5.29. The Bertz CT molecular complexity index is 1620. The van der Waals surface area contributed by atoms with Crippen LogP contribution in [0.15, 0.2) is 78.9 Å². The molecular weight excluding hydrogens is 565 g/mol. The van der Waals surface area contributed by atoms with E-state index in [0.29, 0.717) is 42.3 Å². The minimum Gasteiger partial charge on any atom is -0.497 e. The van der Waals surface area contributed by atoms with Gasteiger partial charge in [0.05, 0.1) is 12.8 Å². The highest BCUT2D eigenvalue weighted by atomic mass is 19.1. The van der Waals surface area contributed by atoms with Crippen LogP contribution in [0.3, 0.4) is 0 Å². The van der Waals surface area contributed by atoms with Gasteiger partial charge in [-0.1, -0.05) is 12.1 Å². The highest BCUT2D eigenvalue weighted by Gasteiger charge is 2.26. The van der Waals surface area contributed by atoms with Crippen molar-refractivity contribution >= 4 is 17.6 Å². The number of ether oxygens (including phenoxy) is 3. The second kappa shape index (κ2) is 13.0. The Hall–Kier alpha value is -5.19. The number of anilines is 1. The summed E-state index contributed by atoms with van der Waals surface area (Å²) in [5.41, 5.74) is 2.80. The number of carbonyl (C=O) groups excluding carboxylic acids is 2. The highest BCUT2D eigenvalue weighted by Crippen LogP contribution is 2.33. The third kappa shape index (κ3) is 6.56.